The van der Waals surface area contributed by atoms with E-state index >= 15 is 0 Å². The Morgan fingerprint density at radius 1 is 1.33 bits per heavy atom. The van der Waals surface area contributed by atoms with Gasteiger partial charge < -0.3 is 15.0 Å². The standard InChI is InChI=1S/C14H26N2O2/c1-11(2)18-10-14(17)16-8-5-12(6-9-16)13-4-3-7-15-13/h11-13,15H,3-10H2,1-2H3. The number of hydrogen-bond acceptors (Lipinski definition) is 3. The highest BCUT2D eigenvalue weighted by atomic mass is 16.5. The Hall–Kier alpha value is -0.610. The number of ether oxygens (including phenoxy) is 1. The van der Waals surface area contributed by atoms with Crippen LogP contribution in [0.25, 0.3) is 0 Å². The van der Waals surface area contributed by atoms with E-state index in [1.165, 1.54) is 19.4 Å². The van der Waals surface area contributed by atoms with E-state index in [4.69, 9.17) is 4.74 Å². The summed E-state index contributed by atoms with van der Waals surface area (Å²) in [6, 6.07) is 0.703. The molecule has 1 N–H and O–H groups in total. The molecule has 104 valence electrons. The van der Waals surface area contributed by atoms with Gasteiger partial charge in [-0.3, -0.25) is 4.79 Å². The molecule has 0 radical (unpaired) electrons. The monoisotopic (exact) mass is 254 g/mol. The van der Waals surface area contributed by atoms with E-state index in [0.717, 1.165) is 31.8 Å². The normalized spacial score (nSPS) is 25.9. The van der Waals surface area contributed by atoms with Crippen LogP contribution in [0, 0.1) is 5.92 Å². The Labute approximate surface area is 110 Å². The topological polar surface area (TPSA) is 41.6 Å². The molecule has 1 unspecified atom stereocenters. The van der Waals surface area contributed by atoms with Crippen LogP contribution in [-0.4, -0.2) is 49.2 Å². The van der Waals surface area contributed by atoms with Gasteiger partial charge in [-0.25, -0.2) is 0 Å². The Morgan fingerprint density at radius 2 is 2.06 bits per heavy atom. The fraction of sp³-hybridized carbons (Fsp3) is 0.929. The van der Waals surface area contributed by atoms with Crippen LogP contribution in [0.15, 0.2) is 0 Å². The van der Waals surface area contributed by atoms with Gasteiger partial charge in [0.15, 0.2) is 0 Å². The summed E-state index contributed by atoms with van der Waals surface area (Å²) in [5, 5.41) is 3.58. The molecule has 2 heterocycles. The predicted octanol–water partition coefficient (Wildman–Crippen LogP) is 1.40. The van der Waals surface area contributed by atoms with E-state index in [0.29, 0.717) is 6.04 Å². The summed E-state index contributed by atoms with van der Waals surface area (Å²) in [5.41, 5.74) is 0. The van der Waals surface area contributed by atoms with Crippen molar-refractivity contribution in [2.45, 2.75) is 51.7 Å². The van der Waals surface area contributed by atoms with E-state index in [1.807, 2.05) is 18.7 Å². The number of carbonyl (C=O) groups excluding carboxylic acids is 1. The first-order valence-corrected chi connectivity index (χ1v) is 7.29. The van der Waals surface area contributed by atoms with Gasteiger partial charge in [0, 0.05) is 19.1 Å². The molecule has 4 nitrogen and oxygen atoms in total. The zero-order chi connectivity index (χ0) is 13.0. The molecule has 0 spiro atoms. The molecular formula is C14H26N2O2. The molecule has 0 aromatic carbocycles. The maximum atomic E-state index is 11.9. The maximum absolute atomic E-state index is 11.9. The van der Waals surface area contributed by atoms with Crippen LogP contribution in [0.3, 0.4) is 0 Å². The molecule has 0 aromatic heterocycles. The second-order valence-corrected chi connectivity index (χ2v) is 5.78. The van der Waals surface area contributed by atoms with E-state index in [-0.39, 0.29) is 18.6 Å². The Balaban J connectivity index is 1.70. The van der Waals surface area contributed by atoms with Gasteiger partial charge in [-0.2, -0.15) is 0 Å². The third-order valence-electron chi connectivity index (χ3n) is 4.10. The molecule has 0 saturated carbocycles. The van der Waals surface area contributed by atoms with Crippen LogP contribution in [-0.2, 0) is 9.53 Å². The lowest BCUT2D eigenvalue weighted by atomic mass is 9.88. The molecule has 0 aliphatic carbocycles. The lowest BCUT2D eigenvalue weighted by Gasteiger charge is -2.35. The van der Waals surface area contributed by atoms with Crippen LogP contribution < -0.4 is 5.32 Å². The average Bonchev–Trinajstić information content (AvgIpc) is 2.90. The van der Waals surface area contributed by atoms with Crippen molar-refractivity contribution in [2.24, 2.45) is 5.92 Å². The van der Waals surface area contributed by atoms with Crippen LogP contribution in [0.2, 0.25) is 0 Å². The minimum absolute atomic E-state index is 0.133. The van der Waals surface area contributed by atoms with Gasteiger partial charge in [0.05, 0.1) is 6.10 Å². The quantitative estimate of drug-likeness (QED) is 0.824. The lowest BCUT2D eigenvalue weighted by molar-refractivity contribution is -0.139. The number of rotatable bonds is 4. The van der Waals surface area contributed by atoms with Gasteiger partial charge in [0.25, 0.3) is 0 Å². The molecule has 4 heteroatoms. The third-order valence-corrected chi connectivity index (χ3v) is 4.10. The van der Waals surface area contributed by atoms with E-state index in [1.54, 1.807) is 0 Å². The van der Waals surface area contributed by atoms with Crippen molar-refractivity contribution in [1.29, 1.82) is 0 Å². The maximum Gasteiger partial charge on any atom is 0.248 e. The fourth-order valence-electron chi connectivity index (χ4n) is 2.99. The highest BCUT2D eigenvalue weighted by Gasteiger charge is 2.29. The first-order valence-electron chi connectivity index (χ1n) is 7.29. The molecule has 2 rings (SSSR count). The predicted molar refractivity (Wildman–Crippen MR) is 71.4 cm³/mol. The van der Waals surface area contributed by atoms with Gasteiger partial charge >= 0.3 is 0 Å². The van der Waals surface area contributed by atoms with Gasteiger partial charge in [-0.1, -0.05) is 0 Å². The zero-order valence-corrected chi connectivity index (χ0v) is 11.7. The molecule has 0 aromatic rings. The molecule has 2 fully saturated rings. The molecule has 2 aliphatic heterocycles. The molecule has 2 saturated heterocycles. The third kappa shape index (κ3) is 3.69. The number of hydrogen-bond donors (Lipinski definition) is 1. The van der Waals surface area contributed by atoms with Crippen LogP contribution in [0.4, 0.5) is 0 Å². The molecule has 0 bridgehead atoms. The zero-order valence-electron chi connectivity index (χ0n) is 11.7. The van der Waals surface area contributed by atoms with E-state index in [9.17, 15) is 4.79 Å². The van der Waals surface area contributed by atoms with Crippen LogP contribution in [0.1, 0.15) is 39.5 Å². The molecule has 2 aliphatic rings. The first-order chi connectivity index (χ1) is 8.66. The SMILES string of the molecule is CC(C)OCC(=O)N1CCC(C2CCCN2)CC1. The van der Waals surface area contributed by atoms with Crippen molar-refractivity contribution in [1.82, 2.24) is 10.2 Å². The largest absolute Gasteiger partial charge is 0.369 e. The van der Waals surface area contributed by atoms with Gasteiger partial charge in [-0.15, -0.1) is 0 Å². The van der Waals surface area contributed by atoms with Gasteiger partial charge in [0.1, 0.15) is 6.61 Å². The van der Waals surface area contributed by atoms with Gasteiger partial charge in [-0.05, 0) is 52.0 Å². The summed E-state index contributed by atoms with van der Waals surface area (Å²) in [6.45, 7) is 7.15. The Bertz CT molecular complexity index is 267. The van der Waals surface area contributed by atoms with Crippen molar-refractivity contribution < 1.29 is 9.53 Å². The number of nitrogens with zero attached hydrogens (tertiary/aromatic N) is 1. The van der Waals surface area contributed by atoms with Crippen molar-refractivity contribution in [2.75, 3.05) is 26.2 Å². The first kappa shape index (κ1) is 13.8. The molecule has 1 atom stereocenters. The minimum atomic E-state index is 0.133. The number of amides is 1. The summed E-state index contributed by atoms with van der Waals surface area (Å²) >= 11 is 0. The van der Waals surface area contributed by atoms with Gasteiger partial charge in [0.2, 0.25) is 5.91 Å². The second kappa shape index (κ2) is 6.53. The highest BCUT2D eigenvalue weighted by molar-refractivity contribution is 5.77. The highest BCUT2D eigenvalue weighted by Crippen LogP contribution is 2.25. The summed E-state index contributed by atoms with van der Waals surface area (Å²) in [4.78, 5) is 13.9. The van der Waals surface area contributed by atoms with E-state index < -0.39 is 0 Å². The average molecular weight is 254 g/mol. The smallest absolute Gasteiger partial charge is 0.248 e. The fourth-order valence-corrected chi connectivity index (χ4v) is 2.99. The van der Waals surface area contributed by atoms with Crippen molar-refractivity contribution >= 4 is 5.91 Å². The molecule has 1 amide bonds. The van der Waals surface area contributed by atoms with E-state index in [2.05, 4.69) is 5.32 Å². The number of piperidine rings is 1. The van der Waals surface area contributed by atoms with Crippen molar-refractivity contribution in [3.8, 4) is 0 Å². The number of nitrogens with one attached hydrogen (secondary N) is 1. The van der Waals surface area contributed by atoms with Crippen LogP contribution in [0.5, 0.6) is 0 Å². The van der Waals surface area contributed by atoms with Crippen molar-refractivity contribution in [3.05, 3.63) is 0 Å². The second-order valence-electron chi connectivity index (χ2n) is 5.78. The summed E-state index contributed by atoms with van der Waals surface area (Å²) in [6.07, 6.45) is 5.05. The summed E-state index contributed by atoms with van der Waals surface area (Å²) in [5.74, 6) is 0.920. The minimum Gasteiger partial charge on any atom is -0.369 e. The number of likely N-dealkylation sites (tertiary alicyclic amines) is 1. The lowest BCUT2D eigenvalue weighted by Crippen LogP contribution is -2.44. The van der Waals surface area contributed by atoms with Crippen LogP contribution >= 0.6 is 0 Å². The van der Waals surface area contributed by atoms with Crippen molar-refractivity contribution in [3.63, 3.8) is 0 Å². The Kier molecular flexibility index (Phi) is 5.01. The molecule has 18 heavy (non-hydrogen) atoms. The number of carbonyl (C=O) groups is 1. The summed E-state index contributed by atoms with van der Waals surface area (Å²) < 4.78 is 5.38. The summed E-state index contributed by atoms with van der Waals surface area (Å²) in [7, 11) is 0. The molecular weight excluding hydrogens is 228 g/mol. The Morgan fingerprint density at radius 3 is 2.61 bits per heavy atom.